The molecule has 0 aliphatic rings. The van der Waals surface area contributed by atoms with Gasteiger partial charge in [-0.3, -0.25) is 14.9 Å². The predicted octanol–water partition coefficient (Wildman–Crippen LogP) is 2.47. The Morgan fingerprint density at radius 2 is 2.00 bits per heavy atom. The molecule has 120 valence electrons. The maximum absolute atomic E-state index is 11.8. The van der Waals surface area contributed by atoms with Gasteiger partial charge in [-0.1, -0.05) is 18.2 Å². The van der Waals surface area contributed by atoms with Crippen molar-refractivity contribution in [1.82, 2.24) is 5.32 Å². The van der Waals surface area contributed by atoms with E-state index in [1.807, 2.05) is 0 Å². The zero-order valence-corrected chi connectivity index (χ0v) is 12.4. The highest BCUT2D eigenvalue weighted by Gasteiger charge is 2.10. The third-order valence-electron chi connectivity index (χ3n) is 2.96. The number of furan rings is 1. The first-order valence-electron chi connectivity index (χ1n) is 6.94. The summed E-state index contributed by atoms with van der Waals surface area (Å²) in [5.41, 5.74) is 1.30. The van der Waals surface area contributed by atoms with Crippen LogP contribution in [0.3, 0.4) is 0 Å². The standard InChI is InChI=1S/C16H16N2O5/c1-11(19)10-17-16(20)13-5-2-12(3-6-13)4-7-14-8-9-15(23-14)18(21)22/h2-9,11,19H,10H2,1H3,(H,17,20). The molecule has 1 amide bonds. The van der Waals surface area contributed by atoms with Gasteiger partial charge in [-0.05, 0) is 36.8 Å². The van der Waals surface area contributed by atoms with E-state index < -0.39 is 11.0 Å². The molecule has 23 heavy (non-hydrogen) atoms. The molecular formula is C16H16N2O5. The largest absolute Gasteiger partial charge is 0.433 e. The normalized spacial score (nSPS) is 12.3. The molecule has 0 spiro atoms. The molecule has 0 saturated heterocycles. The molecule has 2 rings (SSSR count). The maximum Gasteiger partial charge on any atom is 0.433 e. The quantitative estimate of drug-likeness (QED) is 0.629. The van der Waals surface area contributed by atoms with Crippen LogP contribution < -0.4 is 5.32 Å². The second-order valence-corrected chi connectivity index (χ2v) is 4.95. The first-order chi connectivity index (χ1) is 11.0. The van der Waals surface area contributed by atoms with E-state index in [9.17, 15) is 14.9 Å². The van der Waals surface area contributed by atoms with Crippen LogP contribution in [0, 0.1) is 10.1 Å². The number of hydrogen-bond acceptors (Lipinski definition) is 5. The zero-order chi connectivity index (χ0) is 16.8. The molecule has 0 bridgehead atoms. The SMILES string of the molecule is CC(O)CNC(=O)c1ccc(C=Cc2ccc([N+](=O)[O-])o2)cc1. The number of aliphatic hydroxyl groups excluding tert-OH is 1. The topological polar surface area (TPSA) is 106 Å². The Labute approximate surface area is 132 Å². The van der Waals surface area contributed by atoms with Crippen LogP contribution in [0.1, 0.15) is 28.6 Å². The Balaban J connectivity index is 2.00. The summed E-state index contributed by atoms with van der Waals surface area (Å²) in [6.07, 6.45) is 2.73. The summed E-state index contributed by atoms with van der Waals surface area (Å²) in [5.74, 6) is -0.201. The average Bonchev–Trinajstić information content (AvgIpc) is 3.00. The number of rotatable bonds is 6. The van der Waals surface area contributed by atoms with Crippen LogP contribution >= 0.6 is 0 Å². The molecule has 0 aliphatic heterocycles. The second kappa shape index (κ2) is 7.37. The molecule has 1 atom stereocenters. The molecule has 0 saturated carbocycles. The van der Waals surface area contributed by atoms with Crippen molar-refractivity contribution in [3.05, 3.63) is 63.4 Å². The Bertz CT molecular complexity index is 716. The summed E-state index contributed by atoms with van der Waals surface area (Å²) in [4.78, 5) is 21.7. The molecule has 0 aliphatic carbocycles. The van der Waals surface area contributed by atoms with Crippen molar-refractivity contribution in [3.63, 3.8) is 0 Å². The zero-order valence-electron chi connectivity index (χ0n) is 12.4. The number of nitro groups is 1. The van der Waals surface area contributed by atoms with Gasteiger partial charge < -0.3 is 14.8 Å². The van der Waals surface area contributed by atoms with Gasteiger partial charge in [0.25, 0.3) is 5.91 Å². The highest BCUT2D eigenvalue weighted by Crippen LogP contribution is 2.18. The van der Waals surface area contributed by atoms with Crippen LogP contribution in [0.4, 0.5) is 5.88 Å². The lowest BCUT2D eigenvalue weighted by atomic mass is 10.1. The lowest BCUT2D eigenvalue weighted by Crippen LogP contribution is -2.30. The summed E-state index contributed by atoms with van der Waals surface area (Å²) in [5, 5.41) is 22.3. The molecular weight excluding hydrogens is 300 g/mol. The fraction of sp³-hybridized carbons (Fsp3) is 0.188. The Kier molecular flexibility index (Phi) is 5.27. The van der Waals surface area contributed by atoms with Crippen molar-refractivity contribution < 1.29 is 19.2 Å². The van der Waals surface area contributed by atoms with E-state index in [1.165, 1.54) is 12.1 Å². The summed E-state index contributed by atoms with van der Waals surface area (Å²) >= 11 is 0. The van der Waals surface area contributed by atoms with Crippen LogP contribution in [0.2, 0.25) is 0 Å². The van der Waals surface area contributed by atoms with Gasteiger partial charge >= 0.3 is 5.88 Å². The first-order valence-corrected chi connectivity index (χ1v) is 6.94. The Hall–Kier alpha value is -2.93. The maximum atomic E-state index is 11.8. The number of carbonyl (C=O) groups excluding carboxylic acids is 1. The summed E-state index contributed by atoms with van der Waals surface area (Å²) in [7, 11) is 0. The lowest BCUT2D eigenvalue weighted by Gasteiger charge is -2.07. The van der Waals surface area contributed by atoms with Crippen molar-refractivity contribution in [1.29, 1.82) is 0 Å². The van der Waals surface area contributed by atoms with E-state index in [4.69, 9.17) is 9.52 Å². The molecule has 1 aromatic heterocycles. The van der Waals surface area contributed by atoms with Crippen LogP contribution in [0.5, 0.6) is 0 Å². The van der Waals surface area contributed by atoms with Gasteiger partial charge in [0.15, 0.2) is 0 Å². The Morgan fingerprint density at radius 1 is 1.30 bits per heavy atom. The minimum Gasteiger partial charge on any atom is -0.401 e. The molecule has 2 aromatic rings. The van der Waals surface area contributed by atoms with Gasteiger partial charge in [0.2, 0.25) is 0 Å². The molecule has 1 heterocycles. The number of benzene rings is 1. The van der Waals surface area contributed by atoms with E-state index in [0.29, 0.717) is 11.3 Å². The molecule has 2 N–H and O–H groups in total. The number of aliphatic hydroxyl groups is 1. The number of amides is 1. The van der Waals surface area contributed by atoms with Gasteiger partial charge in [0, 0.05) is 12.1 Å². The summed E-state index contributed by atoms with van der Waals surface area (Å²) in [6.45, 7) is 1.78. The van der Waals surface area contributed by atoms with Gasteiger partial charge in [-0.2, -0.15) is 0 Å². The van der Waals surface area contributed by atoms with E-state index in [0.717, 1.165) is 5.56 Å². The first kappa shape index (κ1) is 16.4. The van der Waals surface area contributed by atoms with Gasteiger partial charge in [0.05, 0.1) is 12.2 Å². The van der Waals surface area contributed by atoms with Crippen molar-refractivity contribution in [3.8, 4) is 0 Å². The predicted molar refractivity (Wildman–Crippen MR) is 84.7 cm³/mol. The van der Waals surface area contributed by atoms with Crippen molar-refractivity contribution in [2.45, 2.75) is 13.0 Å². The Morgan fingerprint density at radius 3 is 2.57 bits per heavy atom. The number of carbonyl (C=O) groups is 1. The minimum absolute atomic E-state index is 0.192. The highest BCUT2D eigenvalue weighted by molar-refractivity contribution is 5.94. The van der Waals surface area contributed by atoms with Crippen LogP contribution in [0.25, 0.3) is 12.2 Å². The van der Waals surface area contributed by atoms with Gasteiger partial charge in [-0.25, -0.2) is 0 Å². The van der Waals surface area contributed by atoms with E-state index in [1.54, 1.807) is 43.3 Å². The molecule has 1 aromatic carbocycles. The summed E-state index contributed by atoms with van der Waals surface area (Å²) in [6, 6.07) is 9.58. The van der Waals surface area contributed by atoms with Crippen LogP contribution in [-0.4, -0.2) is 28.6 Å². The smallest absolute Gasteiger partial charge is 0.401 e. The van der Waals surface area contributed by atoms with Crippen molar-refractivity contribution >= 4 is 23.9 Å². The van der Waals surface area contributed by atoms with Crippen LogP contribution in [-0.2, 0) is 0 Å². The van der Waals surface area contributed by atoms with Crippen molar-refractivity contribution in [2.75, 3.05) is 6.54 Å². The van der Waals surface area contributed by atoms with Gasteiger partial charge in [0.1, 0.15) is 10.7 Å². The lowest BCUT2D eigenvalue weighted by molar-refractivity contribution is -0.402. The summed E-state index contributed by atoms with van der Waals surface area (Å²) < 4.78 is 5.01. The van der Waals surface area contributed by atoms with E-state index >= 15 is 0 Å². The molecule has 0 radical (unpaired) electrons. The third-order valence-corrected chi connectivity index (χ3v) is 2.96. The molecule has 1 unspecified atom stereocenters. The number of nitrogens with zero attached hydrogens (tertiary/aromatic N) is 1. The molecule has 0 fully saturated rings. The average molecular weight is 316 g/mol. The second-order valence-electron chi connectivity index (χ2n) is 4.95. The monoisotopic (exact) mass is 316 g/mol. The number of hydrogen-bond donors (Lipinski definition) is 2. The third kappa shape index (κ3) is 4.79. The fourth-order valence-electron chi connectivity index (χ4n) is 1.80. The molecule has 7 nitrogen and oxygen atoms in total. The fourth-order valence-corrected chi connectivity index (χ4v) is 1.80. The van der Waals surface area contributed by atoms with Crippen molar-refractivity contribution in [2.24, 2.45) is 0 Å². The number of nitrogens with one attached hydrogen (secondary N) is 1. The van der Waals surface area contributed by atoms with Gasteiger partial charge in [-0.15, -0.1) is 0 Å². The van der Waals surface area contributed by atoms with Crippen LogP contribution in [0.15, 0.2) is 40.8 Å². The van der Waals surface area contributed by atoms with E-state index in [2.05, 4.69) is 5.32 Å². The minimum atomic E-state index is -0.599. The highest BCUT2D eigenvalue weighted by atomic mass is 16.6. The van der Waals surface area contributed by atoms with E-state index in [-0.39, 0.29) is 18.3 Å². The molecule has 7 heteroatoms.